The van der Waals surface area contributed by atoms with Crippen molar-refractivity contribution in [1.29, 1.82) is 0 Å². The molecule has 2 N–H and O–H groups in total. The summed E-state index contributed by atoms with van der Waals surface area (Å²) < 4.78 is 4.84. The Morgan fingerprint density at radius 1 is 1.33 bits per heavy atom. The summed E-state index contributed by atoms with van der Waals surface area (Å²) in [6.07, 6.45) is 0.367. The third-order valence-corrected chi connectivity index (χ3v) is 2.41. The molecule has 1 amide bonds. The molecule has 0 spiro atoms. The number of ketones is 1. The zero-order chi connectivity index (χ0) is 13.1. The average Bonchev–Trinajstić information content (AvgIpc) is 2.66. The Hall–Kier alpha value is -2.37. The van der Waals surface area contributed by atoms with Crippen LogP contribution in [0.1, 0.15) is 19.8 Å². The van der Waals surface area contributed by atoms with Crippen molar-refractivity contribution in [2.24, 2.45) is 0 Å². The van der Waals surface area contributed by atoms with E-state index in [1.165, 1.54) is 6.92 Å². The SMILES string of the molecule is CC(=O)CCC(=O)Nc1ccc2oc(=O)[nH]c2c1. The lowest BCUT2D eigenvalue weighted by molar-refractivity contribution is -0.121. The van der Waals surface area contributed by atoms with Gasteiger partial charge in [0.05, 0.1) is 5.52 Å². The number of aromatic amines is 1. The zero-order valence-corrected chi connectivity index (χ0v) is 9.78. The monoisotopic (exact) mass is 248 g/mol. The van der Waals surface area contributed by atoms with Crippen LogP contribution in [0.3, 0.4) is 0 Å². The molecule has 1 heterocycles. The molecule has 0 bridgehead atoms. The Balaban J connectivity index is 2.09. The fraction of sp³-hybridized carbons (Fsp3) is 0.250. The van der Waals surface area contributed by atoms with Gasteiger partial charge in [0.15, 0.2) is 5.58 Å². The molecule has 18 heavy (non-hydrogen) atoms. The van der Waals surface area contributed by atoms with E-state index in [0.717, 1.165) is 0 Å². The van der Waals surface area contributed by atoms with Crippen LogP contribution >= 0.6 is 0 Å². The van der Waals surface area contributed by atoms with Crippen LogP contribution in [-0.2, 0) is 9.59 Å². The highest BCUT2D eigenvalue weighted by Gasteiger charge is 2.06. The number of aromatic nitrogens is 1. The van der Waals surface area contributed by atoms with Crippen molar-refractivity contribution in [2.45, 2.75) is 19.8 Å². The summed E-state index contributed by atoms with van der Waals surface area (Å²) in [5.41, 5.74) is 1.50. The van der Waals surface area contributed by atoms with Gasteiger partial charge in [-0.15, -0.1) is 0 Å². The van der Waals surface area contributed by atoms with Gasteiger partial charge in [-0.1, -0.05) is 0 Å². The van der Waals surface area contributed by atoms with Gasteiger partial charge in [0.25, 0.3) is 0 Å². The minimum atomic E-state index is -0.537. The van der Waals surface area contributed by atoms with Gasteiger partial charge in [0.2, 0.25) is 5.91 Å². The van der Waals surface area contributed by atoms with E-state index in [1.54, 1.807) is 18.2 Å². The average molecular weight is 248 g/mol. The van der Waals surface area contributed by atoms with Crippen molar-refractivity contribution in [2.75, 3.05) is 5.32 Å². The predicted molar refractivity (Wildman–Crippen MR) is 65.4 cm³/mol. The molecule has 0 radical (unpaired) electrons. The summed E-state index contributed by atoms with van der Waals surface area (Å²) in [6, 6.07) is 4.82. The normalized spacial score (nSPS) is 10.5. The Morgan fingerprint density at radius 2 is 2.11 bits per heavy atom. The van der Waals surface area contributed by atoms with Gasteiger partial charge in [-0.25, -0.2) is 4.79 Å². The number of nitrogens with one attached hydrogen (secondary N) is 2. The lowest BCUT2D eigenvalue weighted by atomic mass is 10.2. The minimum absolute atomic E-state index is 0.0280. The van der Waals surface area contributed by atoms with Gasteiger partial charge in [-0.3, -0.25) is 9.78 Å². The minimum Gasteiger partial charge on any atom is -0.408 e. The van der Waals surface area contributed by atoms with E-state index in [9.17, 15) is 14.4 Å². The Kier molecular flexibility index (Phi) is 3.27. The van der Waals surface area contributed by atoms with Gasteiger partial charge >= 0.3 is 5.76 Å². The first-order valence-corrected chi connectivity index (χ1v) is 5.47. The standard InChI is InChI=1S/C12H12N2O4/c1-7(15)2-5-11(16)13-8-3-4-10-9(6-8)14-12(17)18-10/h3-4,6H,2,5H2,1H3,(H,13,16)(H,14,17). The molecule has 1 aromatic heterocycles. The van der Waals surface area contributed by atoms with Crippen LogP contribution < -0.4 is 11.1 Å². The smallest absolute Gasteiger partial charge is 0.408 e. The molecular formula is C12H12N2O4. The highest BCUT2D eigenvalue weighted by molar-refractivity contribution is 5.94. The van der Waals surface area contributed by atoms with Crippen molar-refractivity contribution < 1.29 is 14.0 Å². The second kappa shape index (κ2) is 4.87. The van der Waals surface area contributed by atoms with E-state index < -0.39 is 5.76 Å². The molecule has 0 aliphatic heterocycles. The second-order valence-electron chi connectivity index (χ2n) is 3.98. The van der Waals surface area contributed by atoms with Crippen LogP contribution in [0.15, 0.2) is 27.4 Å². The largest absolute Gasteiger partial charge is 0.417 e. The van der Waals surface area contributed by atoms with Crippen molar-refractivity contribution in [3.8, 4) is 0 Å². The van der Waals surface area contributed by atoms with Gasteiger partial charge < -0.3 is 14.5 Å². The second-order valence-corrected chi connectivity index (χ2v) is 3.98. The number of benzene rings is 1. The number of oxazole rings is 1. The topological polar surface area (TPSA) is 92.2 Å². The lowest BCUT2D eigenvalue weighted by Gasteiger charge is -2.03. The molecule has 2 rings (SSSR count). The highest BCUT2D eigenvalue weighted by Crippen LogP contribution is 2.16. The summed E-state index contributed by atoms with van der Waals surface area (Å²) in [6.45, 7) is 1.44. The number of amides is 1. The molecule has 94 valence electrons. The first-order chi connectivity index (χ1) is 8.54. The number of hydrogen-bond acceptors (Lipinski definition) is 4. The molecule has 0 fully saturated rings. The number of carbonyl (C=O) groups is 2. The number of rotatable bonds is 4. The molecule has 1 aromatic carbocycles. The molecule has 2 aromatic rings. The predicted octanol–water partition coefficient (Wildman–Crippen LogP) is 1.43. The van der Waals surface area contributed by atoms with E-state index >= 15 is 0 Å². The number of fused-ring (bicyclic) bond motifs is 1. The lowest BCUT2D eigenvalue weighted by Crippen LogP contribution is -2.12. The fourth-order valence-corrected chi connectivity index (χ4v) is 1.54. The Morgan fingerprint density at radius 3 is 2.83 bits per heavy atom. The molecule has 0 saturated carbocycles. The summed E-state index contributed by atoms with van der Waals surface area (Å²) >= 11 is 0. The molecule has 6 heteroatoms. The number of carbonyl (C=O) groups excluding carboxylic acids is 2. The van der Waals surface area contributed by atoms with Crippen molar-refractivity contribution in [3.63, 3.8) is 0 Å². The first-order valence-electron chi connectivity index (χ1n) is 5.47. The molecule has 0 saturated heterocycles. The summed E-state index contributed by atoms with van der Waals surface area (Å²) in [4.78, 5) is 35.7. The maximum Gasteiger partial charge on any atom is 0.417 e. The number of H-pyrrole nitrogens is 1. The van der Waals surface area contributed by atoms with Crippen molar-refractivity contribution in [1.82, 2.24) is 4.98 Å². The third kappa shape index (κ3) is 2.85. The Labute approximate surface area is 102 Å². The van der Waals surface area contributed by atoms with Crippen LogP contribution in [0, 0.1) is 0 Å². The Bertz CT molecular complexity index is 653. The van der Waals surface area contributed by atoms with Gasteiger partial charge in [-0.05, 0) is 25.1 Å². The number of hydrogen-bond donors (Lipinski definition) is 2. The van der Waals surface area contributed by atoms with Gasteiger partial charge in [0, 0.05) is 18.5 Å². The summed E-state index contributed by atoms with van der Waals surface area (Å²) in [5, 5.41) is 2.64. The maximum atomic E-state index is 11.5. The molecule has 6 nitrogen and oxygen atoms in total. The molecule has 0 unspecified atom stereocenters. The highest BCUT2D eigenvalue weighted by atomic mass is 16.4. The molecular weight excluding hydrogens is 236 g/mol. The maximum absolute atomic E-state index is 11.5. The van der Waals surface area contributed by atoms with Crippen LogP contribution in [0.25, 0.3) is 11.1 Å². The third-order valence-electron chi connectivity index (χ3n) is 2.41. The van der Waals surface area contributed by atoms with E-state index in [2.05, 4.69) is 10.3 Å². The molecule has 0 aliphatic rings. The van der Waals surface area contributed by atoms with E-state index in [4.69, 9.17) is 4.42 Å². The van der Waals surface area contributed by atoms with E-state index in [-0.39, 0.29) is 24.5 Å². The quantitative estimate of drug-likeness (QED) is 0.856. The van der Waals surface area contributed by atoms with E-state index in [0.29, 0.717) is 16.8 Å². The van der Waals surface area contributed by atoms with E-state index in [1.807, 2.05) is 0 Å². The van der Waals surface area contributed by atoms with Crippen LogP contribution in [-0.4, -0.2) is 16.7 Å². The number of anilines is 1. The van der Waals surface area contributed by atoms with Gasteiger partial charge in [0.1, 0.15) is 5.78 Å². The van der Waals surface area contributed by atoms with Crippen LogP contribution in [0.5, 0.6) is 0 Å². The first kappa shape index (κ1) is 12.1. The van der Waals surface area contributed by atoms with Crippen LogP contribution in [0.4, 0.5) is 5.69 Å². The zero-order valence-electron chi connectivity index (χ0n) is 9.78. The van der Waals surface area contributed by atoms with Crippen molar-refractivity contribution >= 4 is 28.5 Å². The van der Waals surface area contributed by atoms with Gasteiger partial charge in [-0.2, -0.15) is 0 Å². The van der Waals surface area contributed by atoms with Crippen LogP contribution in [0.2, 0.25) is 0 Å². The molecule has 0 aliphatic carbocycles. The fourth-order valence-electron chi connectivity index (χ4n) is 1.54. The number of Topliss-reactive ketones (excluding diaryl/α,β-unsaturated/α-hetero) is 1. The molecule has 0 atom stereocenters. The van der Waals surface area contributed by atoms with Crippen molar-refractivity contribution in [3.05, 3.63) is 28.7 Å². The summed E-state index contributed by atoms with van der Waals surface area (Å²) in [5.74, 6) is -0.805. The summed E-state index contributed by atoms with van der Waals surface area (Å²) in [7, 11) is 0.